The first kappa shape index (κ1) is 12.8. The van der Waals surface area contributed by atoms with Crippen molar-refractivity contribution in [3.63, 3.8) is 0 Å². The van der Waals surface area contributed by atoms with Crippen LogP contribution in [0.5, 0.6) is 5.75 Å². The first-order valence-corrected chi connectivity index (χ1v) is 5.85. The molecule has 0 aromatic heterocycles. The SMILES string of the molecule is C=CCOc1ccc(C(C)NCCC)cc1. The quantitative estimate of drug-likeness (QED) is 0.710. The largest absolute Gasteiger partial charge is 0.490 e. The molecule has 0 fully saturated rings. The Morgan fingerprint density at radius 3 is 2.62 bits per heavy atom. The van der Waals surface area contributed by atoms with Crippen molar-refractivity contribution in [2.24, 2.45) is 0 Å². The number of benzene rings is 1. The van der Waals surface area contributed by atoms with E-state index in [1.54, 1.807) is 6.08 Å². The van der Waals surface area contributed by atoms with E-state index >= 15 is 0 Å². The van der Waals surface area contributed by atoms with Gasteiger partial charge in [-0.15, -0.1) is 0 Å². The van der Waals surface area contributed by atoms with E-state index in [2.05, 4.69) is 37.9 Å². The van der Waals surface area contributed by atoms with Crippen molar-refractivity contribution in [2.45, 2.75) is 26.3 Å². The third-order valence-electron chi connectivity index (χ3n) is 2.45. The molecule has 1 unspecified atom stereocenters. The maximum atomic E-state index is 5.43. The van der Waals surface area contributed by atoms with Gasteiger partial charge in [-0.1, -0.05) is 31.7 Å². The molecule has 0 aliphatic heterocycles. The van der Waals surface area contributed by atoms with E-state index in [1.807, 2.05) is 12.1 Å². The number of rotatable bonds is 7. The molecule has 1 rings (SSSR count). The van der Waals surface area contributed by atoms with Gasteiger partial charge in [0.25, 0.3) is 0 Å². The summed E-state index contributed by atoms with van der Waals surface area (Å²) >= 11 is 0. The Kier molecular flexibility index (Phi) is 5.65. The van der Waals surface area contributed by atoms with Crippen LogP contribution in [0, 0.1) is 0 Å². The summed E-state index contributed by atoms with van der Waals surface area (Å²) in [6.07, 6.45) is 2.91. The second-order valence-electron chi connectivity index (χ2n) is 3.84. The van der Waals surface area contributed by atoms with Crippen LogP contribution in [0.1, 0.15) is 31.9 Å². The summed E-state index contributed by atoms with van der Waals surface area (Å²) in [5.74, 6) is 0.895. The second kappa shape index (κ2) is 7.07. The second-order valence-corrected chi connectivity index (χ2v) is 3.84. The fourth-order valence-corrected chi connectivity index (χ4v) is 1.49. The number of hydrogen-bond acceptors (Lipinski definition) is 2. The summed E-state index contributed by atoms with van der Waals surface area (Å²) in [5.41, 5.74) is 1.29. The minimum Gasteiger partial charge on any atom is -0.490 e. The van der Waals surface area contributed by atoms with Crippen LogP contribution in [0.25, 0.3) is 0 Å². The Hall–Kier alpha value is -1.28. The molecule has 0 bridgehead atoms. The zero-order chi connectivity index (χ0) is 11.8. The highest BCUT2D eigenvalue weighted by atomic mass is 16.5. The fraction of sp³-hybridized carbons (Fsp3) is 0.429. The fourth-order valence-electron chi connectivity index (χ4n) is 1.49. The first-order chi connectivity index (χ1) is 7.77. The molecule has 1 atom stereocenters. The average Bonchev–Trinajstić information content (AvgIpc) is 2.34. The van der Waals surface area contributed by atoms with Crippen LogP contribution in [0.15, 0.2) is 36.9 Å². The van der Waals surface area contributed by atoms with Crippen LogP contribution >= 0.6 is 0 Å². The van der Waals surface area contributed by atoms with Gasteiger partial charge in [-0.05, 0) is 37.6 Å². The Bertz CT molecular complexity index is 305. The Morgan fingerprint density at radius 1 is 1.38 bits per heavy atom. The van der Waals surface area contributed by atoms with Gasteiger partial charge in [0.2, 0.25) is 0 Å². The summed E-state index contributed by atoms with van der Waals surface area (Å²) < 4.78 is 5.43. The molecule has 0 amide bonds. The maximum Gasteiger partial charge on any atom is 0.119 e. The molecule has 16 heavy (non-hydrogen) atoms. The van der Waals surface area contributed by atoms with Crippen LogP contribution < -0.4 is 10.1 Å². The molecule has 1 aromatic carbocycles. The molecule has 0 spiro atoms. The highest BCUT2D eigenvalue weighted by molar-refractivity contribution is 5.29. The zero-order valence-electron chi connectivity index (χ0n) is 10.2. The molecule has 0 radical (unpaired) electrons. The molecular weight excluding hydrogens is 198 g/mol. The third kappa shape index (κ3) is 4.07. The van der Waals surface area contributed by atoms with Crippen molar-refractivity contribution in [2.75, 3.05) is 13.2 Å². The lowest BCUT2D eigenvalue weighted by atomic mass is 10.1. The Labute approximate surface area is 98.3 Å². The van der Waals surface area contributed by atoms with Gasteiger partial charge >= 0.3 is 0 Å². The highest BCUT2D eigenvalue weighted by Gasteiger charge is 2.03. The first-order valence-electron chi connectivity index (χ1n) is 5.85. The van der Waals surface area contributed by atoms with E-state index in [0.29, 0.717) is 12.6 Å². The number of hydrogen-bond donors (Lipinski definition) is 1. The van der Waals surface area contributed by atoms with Gasteiger partial charge in [0, 0.05) is 6.04 Å². The van der Waals surface area contributed by atoms with E-state index in [-0.39, 0.29) is 0 Å². The van der Waals surface area contributed by atoms with Crippen LogP contribution in [0.3, 0.4) is 0 Å². The van der Waals surface area contributed by atoms with Crippen molar-refractivity contribution in [1.82, 2.24) is 5.32 Å². The summed E-state index contributed by atoms with van der Waals surface area (Å²) in [7, 11) is 0. The standard InChI is InChI=1S/C14H21NO/c1-4-10-15-12(3)13-6-8-14(9-7-13)16-11-5-2/h5-9,12,15H,2,4,10-11H2,1,3H3. The zero-order valence-corrected chi connectivity index (χ0v) is 10.2. The van der Waals surface area contributed by atoms with Gasteiger partial charge in [0.1, 0.15) is 12.4 Å². The minimum atomic E-state index is 0.397. The van der Waals surface area contributed by atoms with Gasteiger partial charge in [0.05, 0.1) is 0 Å². The molecule has 1 N–H and O–H groups in total. The molecular formula is C14H21NO. The number of nitrogens with one attached hydrogen (secondary N) is 1. The normalized spacial score (nSPS) is 12.1. The van der Waals surface area contributed by atoms with Crippen LogP contribution in [-0.4, -0.2) is 13.2 Å². The third-order valence-corrected chi connectivity index (χ3v) is 2.45. The van der Waals surface area contributed by atoms with E-state index < -0.39 is 0 Å². The lowest BCUT2D eigenvalue weighted by Gasteiger charge is -2.14. The molecule has 0 aliphatic carbocycles. The molecule has 1 aromatic rings. The van der Waals surface area contributed by atoms with Gasteiger partial charge in [0.15, 0.2) is 0 Å². The minimum absolute atomic E-state index is 0.397. The summed E-state index contributed by atoms with van der Waals surface area (Å²) in [6, 6.07) is 8.61. The predicted octanol–water partition coefficient (Wildman–Crippen LogP) is 3.31. The molecule has 0 saturated heterocycles. The molecule has 2 heteroatoms. The summed E-state index contributed by atoms with van der Waals surface area (Å²) in [5, 5.41) is 3.45. The van der Waals surface area contributed by atoms with E-state index in [1.165, 1.54) is 5.56 Å². The van der Waals surface area contributed by atoms with E-state index in [9.17, 15) is 0 Å². The summed E-state index contributed by atoms with van der Waals surface area (Å²) in [6.45, 7) is 9.58. The maximum absolute atomic E-state index is 5.43. The molecule has 88 valence electrons. The van der Waals surface area contributed by atoms with Gasteiger partial charge < -0.3 is 10.1 Å². The van der Waals surface area contributed by atoms with Crippen LogP contribution in [-0.2, 0) is 0 Å². The molecule has 0 heterocycles. The topological polar surface area (TPSA) is 21.3 Å². The molecule has 0 aliphatic rings. The van der Waals surface area contributed by atoms with Gasteiger partial charge in [-0.2, -0.15) is 0 Å². The number of ether oxygens (including phenoxy) is 1. The van der Waals surface area contributed by atoms with Crippen molar-refractivity contribution in [3.8, 4) is 5.75 Å². The summed E-state index contributed by atoms with van der Waals surface area (Å²) in [4.78, 5) is 0. The van der Waals surface area contributed by atoms with Crippen molar-refractivity contribution >= 4 is 0 Å². The Balaban J connectivity index is 2.52. The van der Waals surface area contributed by atoms with E-state index in [4.69, 9.17) is 4.74 Å². The molecule has 0 saturated carbocycles. The van der Waals surface area contributed by atoms with Crippen molar-refractivity contribution in [3.05, 3.63) is 42.5 Å². The molecule has 2 nitrogen and oxygen atoms in total. The smallest absolute Gasteiger partial charge is 0.119 e. The van der Waals surface area contributed by atoms with Gasteiger partial charge in [-0.3, -0.25) is 0 Å². The van der Waals surface area contributed by atoms with E-state index in [0.717, 1.165) is 18.7 Å². The van der Waals surface area contributed by atoms with Gasteiger partial charge in [-0.25, -0.2) is 0 Å². The van der Waals surface area contributed by atoms with Crippen LogP contribution in [0.2, 0.25) is 0 Å². The monoisotopic (exact) mass is 219 g/mol. The van der Waals surface area contributed by atoms with Crippen molar-refractivity contribution < 1.29 is 4.74 Å². The Morgan fingerprint density at radius 2 is 2.06 bits per heavy atom. The lowest BCUT2D eigenvalue weighted by molar-refractivity contribution is 0.363. The average molecular weight is 219 g/mol. The lowest BCUT2D eigenvalue weighted by Crippen LogP contribution is -2.19. The highest BCUT2D eigenvalue weighted by Crippen LogP contribution is 2.17. The van der Waals surface area contributed by atoms with Crippen molar-refractivity contribution in [1.29, 1.82) is 0 Å². The predicted molar refractivity (Wildman–Crippen MR) is 68.8 cm³/mol. The van der Waals surface area contributed by atoms with Crippen LogP contribution in [0.4, 0.5) is 0 Å².